The number of aromatic nitrogens is 1. The number of fused-ring (bicyclic) bond motifs is 1. The molecule has 0 radical (unpaired) electrons. The highest BCUT2D eigenvalue weighted by molar-refractivity contribution is 7.19. The molecular formula is C12H10F3NOS. The molecule has 1 aromatic heterocycles. The lowest BCUT2D eigenvalue weighted by atomic mass is 10.2. The van der Waals surface area contributed by atoms with Crippen LogP contribution in [0.5, 0.6) is 0 Å². The summed E-state index contributed by atoms with van der Waals surface area (Å²) in [6.07, 6.45) is -3.23. The van der Waals surface area contributed by atoms with Gasteiger partial charge in [-0.25, -0.2) is 4.98 Å². The number of hydrogen-bond donors (Lipinski definition) is 1. The molecule has 96 valence electrons. The van der Waals surface area contributed by atoms with E-state index < -0.39 is 11.9 Å². The number of benzene rings is 1. The molecule has 0 amide bonds. The monoisotopic (exact) mass is 273 g/mol. The summed E-state index contributed by atoms with van der Waals surface area (Å²) in [6.45, 7) is 2.00. The number of nitrogens with zero attached hydrogens (tertiary/aromatic N) is 1. The van der Waals surface area contributed by atoms with Gasteiger partial charge in [-0.3, -0.25) is 0 Å². The Hall–Kier alpha value is -1.56. The third-order valence-electron chi connectivity index (χ3n) is 2.43. The second kappa shape index (κ2) is 4.61. The largest absolute Gasteiger partial charge is 0.504 e. The van der Waals surface area contributed by atoms with Gasteiger partial charge in [0.25, 0.3) is 0 Å². The fourth-order valence-electron chi connectivity index (χ4n) is 1.47. The van der Waals surface area contributed by atoms with Gasteiger partial charge >= 0.3 is 6.18 Å². The van der Waals surface area contributed by atoms with E-state index in [-0.39, 0.29) is 5.01 Å². The number of rotatable bonds is 2. The summed E-state index contributed by atoms with van der Waals surface area (Å²) in [7, 11) is 0. The fraction of sp³-hybridized carbons (Fsp3) is 0.250. The van der Waals surface area contributed by atoms with Crippen molar-refractivity contribution in [2.45, 2.75) is 19.5 Å². The van der Waals surface area contributed by atoms with E-state index in [1.807, 2.05) is 19.1 Å². The standard InChI is InChI=1S/C12H10F3NOS/c1-2-7-3-4-8-9(5-7)18-11(16-8)6-10(17)12(13,14)15/h3-6,17H,2H2,1H3/b10-6-. The number of halogens is 3. The number of hydrogen-bond acceptors (Lipinski definition) is 3. The average Bonchev–Trinajstić information content (AvgIpc) is 2.68. The summed E-state index contributed by atoms with van der Waals surface area (Å²) in [6, 6.07) is 5.56. The second-order valence-electron chi connectivity index (χ2n) is 3.74. The number of thiazole rings is 1. The molecule has 1 aromatic carbocycles. The lowest BCUT2D eigenvalue weighted by Crippen LogP contribution is -2.10. The van der Waals surface area contributed by atoms with Crippen molar-refractivity contribution in [2.24, 2.45) is 0 Å². The van der Waals surface area contributed by atoms with Gasteiger partial charge in [0.05, 0.1) is 10.2 Å². The highest BCUT2D eigenvalue weighted by Gasteiger charge is 2.33. The Morgan fingerprint density at radius 2 is 2.17 bits per heavy atom. The Kier molecular flexibility index (Phi) is 3.30. The fourth-order valence-corrected chi connectivity index (χ4v) is 2.44. The van der Waals surface area contributed by atoms with Crippen molar-refractivity contribution in [1.82, 2.24) is 4.98 Å². The molecule has 0 aliphatic carbocycles. The lowest BCUT2D eigenvalue weighted by Gasteiger charge is -2.02. The predicted octanol–water partition coefficient (Wildman–Crippen LogP) is 4.32. The first-order valence-corrected chi connectivity index (χ1v) is 6.09. The predicted molar refractivity (Wildman–Crippen MR) is 65.7 cm³/mol. The highest BCUT2D eigenvalue weighted by Crippen LogP contribution is 2.29. The lowest BCUT2D eigenvalue weighted by molar-refractivity contribution is -0.119. The second-order valence-corrected chi connectivity index (χ2v) is 4.80. The molecule has 2 nitrogen and oxygen atoms in total. The molecule has 2 rings (SSSR count). The minimum Gasteiger partial charge on any atom is -0.504 e. The topological polar surface area (TPSA) is 33.1 Å². The van der Waals surface area contributed by atoms with Crippen LogP contribution < -0.4 is 0 Å². The zero-order valence-electron chi connectivity index (χ0n) is 9.45. The number of aliphatic hydroxyl groups is 1. The molecule has 1 N–H and O–H groups in total. The van der Waals surface area contributed by atoms with Crippen LogP contribution in [0.15, 0.2) is 24.0 Å². The molecule has 18 heavy (non-hydrogen) atoms. The molecule has 0 aliphatic heterocycles. The van der Waals surface area contributed by atoms with Gasteiger partial charge in [0, 0.05) is 6.08 Å². The molecule has 0 bridgehead atoms. The van der Waals surface area contributed by atoms with Gasteiger partial charge in [-0.1, -0.05) is 13.0 Å². The SMILES string of the molecule is CCc1ccc2nc(/C=C(\O)C(F)(F)F)sc2c1. The van der Waals surface area contributed by atoms with E-state index in [9.17, 15) is 13.2 Å². The van der Waals surface area contributed by atoms with Crippen LogP contribution in [-0.4, -0.2) is 16.3 Å². The Morgan fingerprint density at radius 3 is 2.78 bits per heavy atom. The van der Waals surface area contributed by atoms with E-state index in [0.29, 0.717) is 11.6 Å². The number of alkyl halides is 3. The van der Waals surface area contributed by atoms with Gasteiger partial charge < -0.3 is 5.11 Å². The summed E-state index contributed by atoms with van der Waals surface area (Å²) in [4.78, 5) is 4.02. The van der Waals surface area contributed by atoms with Crippen LogP contribution in [-0.2, 0) is 6.42 Å². The van der Waals surface area contributed by atoms with E-state index in [1.165, 1.54) is 0 Å². The molecule has 0 saturated heterocycles. The van der Waals surface area contributed by atoms with Crippen LogP contribution in [0.4, 0.5) is 13.2 Å². The van der Waals surface area contributed by atoms with Gasteiger partial charge in [0.1, 0.15) is 5.01 Å². The Morgan fingerprint density at radius 1 is 1.44 bits per heavy atom. The minimum absolute atomic E-state index is 0.146. The molecule has 0 atom stereocenters. The van der Waals surface area contributed by atoms with Crippen molar-refractivity contribution >= 4 is 27.6 Å². The van der Waals surface area contributed by atoms with Crippen LogP contribution in [0.25, 0.3) is 16.3 Å². The summed E-state index contributed by atoms with van der Waals surface area (Å²) >= 11 is 1.12. The Balaban J connectivity index is 2.42. The normalized spacial score (nSPS) is 13.2. The van der Waals surface area contributed by atoms with Crippen LogP contribution in [0.2, 0.25) is 0 Å². The first-order chi connectivity index (χ1) is 8.40. The van der Waals surface area contributed by atoms with E-state index in [0.717, 1.165) is 28.0 Å². The van der Waals surface area contributed by atoms with E-state index >= 15 is 0 Å². The van der Waals surface area contributed by atoms with Gasteiger partial charge in [0.15, 0.2) is 0 Å². The Bertz CT molecular complexity index is 601. The first kappa shape index (κ1) is 12.9. The first-order valence-electron chi connectivity index (χ1n) is 5.27. The average molecular weight is 273 g/mol. The maximum absolute atomic E-state index is 12.2. The van der Waals surface area contributed by atoms with Crippen molar-refractivity contribution in [3.63, 3.8) is 0 Å². The number of aryl methyl sites for hydroxylation is 1. The van der Waals surface area contributed by atoms with Gasteiger partial charge in [-0.15, -0.1) is 11.3 Å². The third-order valence-corrected chi connectivity index (χ3v) is 3.39. The molecule has 0 aliphatic rings. The quantitative estimate of drug-likeness (QED) is 0.827. The van der Waals surface area contributed by atoms with E-state index in [4.69, 9.17) is 5.11 Å². The molecule has 0 saturated carbocycles. The maximum Gasteiger partial charge on any atom is 0.448 e. The zero-order chi connectivity index (χ0) is 13.3. The van der Waals surface area contributed by atoms with Gasteiger partial charge in [-0.05, 0) is 24.1 Å². The van der Waals surface area contributed by atoms with Crippen LogP contribution in [0.1, 0.15) is 17.5 Å². The van der Waals surface area contributed by atoms with Crippen LogP contribution in [0.3, 0.4) is 0 Å². The summed E-state index contributed by atoms with van der Waals surface area (Å²) in [5.41, 5.74) is 1.74. The summed E-state index contributed by atoms with van der Waals surface area (Å²) < 4.78 is 37.3. The smallest absolute Gasteiger partial charge is 0.448 e. The highest BCUT2D eigenvalue weighted by atomic mass is 32.1. The molecule has 0 unspecified atom stereocenters. The van der Waals surface area contributed by atoms with Crippen molar-refractivity contribution in [1.29, 1.82) is 0 Å². The van der Waals surface area contributed by atoms with Gasteiger partial charge in [-0.2, -0.15) is 13.2 Å². The minimum atomic E-state index is -4.73. The Labute approximate surface area is 105 Å². The third kappa shape index (κ3) is 2.64. The van der Waals surface area contributed by atoms with Crippen LogP contribution >= 0.6 is 11.3 Å². The maximum atomic E-state index is 12.2. The molecule has 0 fully saturated rings. The molecule has 0 spiro atoms. The number of allylic oxidation sites excluding steroid dienone is 1. The van der Waals surface area contributed by atoms with Crippen molar-refractivity contribution in [3.8, 4) is 0 Å². The molecular weight excluding hydrogens is 263 g/mol. The summed E-state index contributed by atoms with van der Waals surface area (Å²) in [5, 5.41) is 9.01. The molecule has 2 aromatic rings. The van der Waals surface area contributed by atoms with Crippen molar-refractivity contribution in [2.75, 3.05) is 0 Å². The van der Waals surface area contributed by atoms with Gasteiger partial charge in [0.2, 0.25) is 5.76 Å². The van der Waals surface area contributed by atoms with Crippen molar-refractivity contribution in [3.05, 3.63) is 34.5 Å². The molecule has 6 heteroatoms. The van der Waals surface area contributed by atoms with Crippen LogP contribution in [0, 0.1) is 0 Å². The summed E-state index contributed by atoms with van der Waals surface area (Å²) in [5.74, 6) is -1.63. The van der Waals surface area contributed by atoms with E-state index in [1.54, 1.807) is 6.07 Å². The zero-order valence-corrected chi connectivity index (χ0v) is 10.3. The number of aliphatic hydroxyl groups excluding tert-OH is 1. The molecule has 1 heterocycles. The van der Waals surface area contributed by atoms with Crippen molar-refractivity contribution < 1.29 is 18.3 Å². The van der Waals surface area contributed by atoms with E-state index in [2.05, 4.69) is 4.98 Å².